The first kappa shape index (κ1) is 15.7. The Bertz CT molecular complexity index is 429. The highest BCUT2D eigenvalue weighted by Gasteiger charge is 2.06. The number of rotatable bonds is 9. The van der Waals surface area contributed by atoms with Gasteiger partial charge < -0.3 is 10.1 Å². The average molecular weight is 267 g/mol. The van der Waals surface area contributed by atoms with Crippen LogP contribution in [0.25, 0.3) is 0 Å². The molecule has 1 heterocycles. The third-order valence-electron chi connectivity index (χ3n) is 3.00. The zero-order valence-corrected chi connectivity index (χ0v) is 12.2. The summed E-state index contributed by atoms with van der Waals surface area (Å²) in [6.07, 6.45) is 4.99. The van der Waals surface area contributed by atoms with Crippen LogP contribution in [-0.4, -0.2) is 29.8 Å². The zero-order valence-electron chi connectivity index (χ0n) is 12.2. The molecular formula is C14H25N3O2. The highest BCUT2D eigenvalue weighted by Crippen LogP contribution is 2.03. The number of ether oxygens (including phenoxy) is 1. The van der Waals surface area contributed by atoms with Gasteiger partial charge in [0, 0.05) is 24.8 Å². The Morgan fingerprint density at radius 1 is 1.32 bits per heavy atom. The first-order chi connectivity index (χ1) is 9.19. The van der Waals surface area contributed by atoms with Gasteiger partial charge in [-0.2, -0.15) is 0 Å². The number of aryl methyl sites for hydroxylation is 1. The third-order valence-corrected chi connectivity index (χ3v) is 3.00. The van der Waals surface area contributed by atoms with E-state index >= 15 is 0 Å². The number of nitrogens with one attached hydrogen (secondary N) is 1. The normalized spacial score (nSPS) is 10.7. The molecule has 0 aromatic carbocycles. The fourth-order valence-electron chi connectivity index (χ4n) is 1.95. The van der Waals surface area contributed by atoms with Gasteiger partial charge in [-0.25, -0.2) is 4.98 Å². The van der Waals surface area contributed by atoms with E-state index in [1.165, 1.54) is 38.9 Å². The molecule has 1 aromatic rings. The van der Waals surface area contributed by atoms with Crippen LogP contribution in [0.2, 0.25) is 0 Å². The SMILES string of the molecule is CCCCCCNCCn1c(OC)nc(C)cc1=O. The highest BCUT2D eigenvalue weighted by atomic mass is 16.5. The van der Waals surface area contributed by atoms with E-state index in [0.29, 0.717) is 18.2 Å². The molecule has 0 bridgehead atoms. The fourth-order valence-corrected chi connectivity index (χ4v) is 1.95. The van der Waals surface area contributed by atoms with Crippen molar-refractivity contribution in [2.24, 2.45) is 0 Å². The van der Waals surface area contributed by atoms with E-state index in [1.807, 2.05) is 0 Å². The molecule has 0 saturated carbocycles. The van der Waals surface area contributed by atoms with E-state index < -0.39 is 0 Å². The number of nitrogens with zero attached hydrogens (tertiary/aromatic N) is 2. The summed E-state index contributed by atoms with van der Waals surface area (Å²) < 4.78 is 6.70. The molecule has 0 fully saturated rings. The van der Waals surface area contributed by atoms with E-state index in [2.05, 4.69) is 17.2 Å². The Kier molecular flexibility index (Phi) is 7.18. The van der Waals surface area contributed by atoms with Gasteiger partial charge in [0.05, 0.1) is 7.11 Å². The van der Waals surface area contributed by atoms with Crippen LogP contribution < -0.4 is 15.6 Å². The lowest BCUT2D eigenvalue weighted by molar-refractivity contribution is 0.342. The van der Waals surface area contributed by atoms with E-state index in [0.717, 1.165) is 13.1 Å². The molecule has 19 heavy (non-hydrogen) atoms. The molecule has 5 heteroatoms. The molecule has 0 aliphatic heterocycles. The largest absolute Gasteiger partial charge is 0.468 e. The highest BCUT2D eigenvalue weighted by molar-refractivity contribution is 5.06. The van der Waals surface area contributed by atoms with Crippen molar-refractivity contribution in [3.05, 3.63) is 22.1 Å². The molecule has 5 nitrogen and oxygen atoms in total. The lowest BCUT2D eigenvalue weighted by Crippen LogP contribution is -2.29. The second-order valence-electron chi connectivity index (χ2n) is 4.68. The predicted molar refractivity (Wildman–Crippen MR) is 76.8 cm³/mol. The van der Waals surface area contributed by atoms with Crippen molar-refractivity contribution in [1.82, 2.24) is 14.9 Å². The molecule has 0 aliphatic rings. The molecule has 0 aliphatic carbocycles. The molecule has 0 saturated heterocycles. The Hall–Kier alpha value is -1.36. The van der Waals surface area contributed by atoms with Crippen molar-refractivity contribution in [3.63, 3.8) is 0 Å². The van der Waals surface area contributed by atoms with Crippen LogP contribution >= 0.6 is 0 Å². The zero-order chi connectivity index (χ0) is 14.1. The lowest BCUT2D eigenvalue weighted by Gasteiger charge is -2.11. The molecule has 1 rings (SSSR count). The van der Waals surface area contributed by atoms with Gasteiger partial charge in [0.1, 0.15) is 0 Å². The van der Waals surface area contributed by atoms with Gasteiger partial charge in [-0.05, 0) is 19.9 Å². The van der Waals surface area contributed by atoms with Crippen LogP contribution in [-0.2, 0) is 6.54 Å². The van der Waals surface area contributed by atoms with Crippen LogP contribution in [0.4, 0.5) is 0 Å². The molecular weight excluding hydrogens is 242 g/mol. The van der Waals surface area contributed by atoms with E-state index in [1.54, 1.807) is 11.5 Å². The molecule has 108 valence electrons. The van der Waals surface area contributed by atoms with E-state index in [4.69, 9.17) is 4.74 Å². The Labute approximate surface area is 115 Å². The maximum atomic E-state index is 11.8. The van der Waals surface area contributed by atoms with Crippen molar-refractivity contribution in [1.29, 1.82) is 0 Å². The summed E-state index contributed by atoms with van der Waals surface area (Å²) in [5, 5.41) is 3.34. The minimum absolute atomic E-state index is 0.0582. The Morgan fingerprint density at radius 2 is 2.11 bits per heavy atom. The van der Waals surface area contributed by atoms with Crippen molar-refractivity contribution in [2.45, 2.75) is 46.1 Å². The predicted octanol–water partition coefficient (Wildman–Crippen LogP) is 1.73. The molecule has 0 atom stereocenters. The van der Waals surface area contributed by atoms with Crippen molar-refractivity contribution in [2.75, 3.05) is 20.2 Å². The lowest BCUT2D eigenvalue weighted by atomic mass is 10.2. The molecule has 0 unspecified atom stereocenters. The second-order valence-corrected chi connectivity index (χ2v) is 4.68. The number of methoxy groups -OCH3 is 1. The minimum Gasteiger partial charge on any atom is -0.468 e. The number of hydrogen-bond acceptors (Lipinski definition) is 4. The summed E-state index contributed by atoms with van der Waals surface area (Å²) in [5.41, 5.74) is 0.628. The summed E-state index contributed by atoms with van der Waals surface area (Å²) >= 11 is 0. The smallest absolute Gasteiger partial charge is 0.299 e. The summed E-state index contributed by atoms with van der Waals surface area (Å²) in [6, 6.07) is 1.92. The first-order valence-electron chi connectivity index (χ1n) is 7.02. The number of unbranched alkanes of at least 4 members (excludes halogenated alkanes) is 3. The number of hydrogen-bond donors (Lipinski definition) is 1. The molecule has 0 spiro atoms. The maximum Gasteiger partial charge on any atom is 0.299 e. The van der Waals surface area contributed by atoms with Crippen LogP contribution in [0.5, 0.6) is 6.01 Å². The third kappa shape index (κ3) is 5.42. The quantitative estimate of drug-likeness (QED) is 0.692. The maximum absolute atomic E-state index is 11.8. The summed E-state index contributed by atoms with van der Waals surface area (Å²) in [4.78, 5) is 16.0. The molecule has 1 N–H and O–H groups in total. The Morgan fingerprint density at radius 3 is 2.79 bits per heavy atom. The average Bonchev–Trinajstić information content (AvgIpc) is 2.39. The van der Waals surface area contributed by atoms with Crippen molar-refractivity contribution < 1.29 is 4.74 Å². The van der Waals surface area contributed by atoms with Crippen LogP contribution in [0, 0.1) is 6.92 Å². The Balaban J connectivity index is 2.39. The van der Waals surface area contributed by atoms with Gasteiger partial charge in [-0.3, -0.25) is 9.36 Å². The monoisotopic (exact) mass is 267 g/mol. The standard InChI is InChI=1S/C14H25N3O2/c1-4-5-6-7-8-15-9-10-17-13(18)11-12(2)16-14(17)19-3/h11,15H,4-10H2,1-3H3. The van der Waals surface area contributed by atoms with Crippen LogP contribution in [0.15, 0.2) is 10.9 Å². The minimum atomic E-state index is -0.0582. The fraction of sp³-hybridized carbons (Fsp3) is 0.714. The topological polar surface area (TPSA) is 56.1 Å². The van der Waals surface area contributed by atoms with Gasteiger partial charge in [-0.1, -0.05) is 26.2 Å². The number of aromatic nitrogens is 2. The van der Waals surface area contributed by atoms with Crippen molar-refractivity contribution >= 4 is 0 Å². The van der Waals surface area contributed by atoms with Crippen molar-refractivity contribution in [3.8, 4) is 6.01 Å². The van der Waals surface area contributed by atoms with E-state index in [-0.39, 0.29) is 5.56 Å². The van der Waals surface area contributed by atoms with Gasteiger partial charge in [0.2, 0.25) is 0 Å². The van der Waals surface area contributed by atoms with Crippen LogP contribution in [0.3, 0.4) is 0 Å². The molecule has 0 radical (unpaired) electrons. The van der Waals surface area contributed by atoms with Gasteiger partial charge in [0.25, 0.3) is 11.6 Å². The summed E-state index contributed by atoms with van der Waals surface area (Å²) in [6.45, 7) is 6.34. The summed E-state index contributed by atoms with van der Waals surface area (Å²) in [7, 11) is 1.54. The molecule has 0 amide bonds. The molecule has 1 aromatic heterocycles. The first-order valence-corrected chi connectivity index (χ1v) is 7.02. The summed E-state index contributed by atoms with van der Waals surface area (Å²) in [5.74, 6) is 0. The van der Waals surface area contributed by atoms with Gasteiger partial charge in [0.15, 0.2) is 0 Å². The second kappa shape index (κ2) is 8.69. The van der Waals surface area contributed by atoms with E-state index in [9.17, 15) is 4.79 Å². The van der Waals surface area contributed by atoms with Crippen LogP contribution in [0.1, 0.15) is 38.3 Å². The van der Waals surface area contributed by atoms with Gasteiger partial charge >= 0.3 is 0 Å². The van der Waals surface area contributed by atoms with Gasteiger partial charge in [-0.15, -0.1) is 0 Å².